The number of ether oxygens (including phenoxy) is 1. The summed E-state index contributed by atoms with van der Waals surface area (Å²) in [6.45, 7) is 0.595. The van der Waals surface area contributed by atoms with Crippen LogP contribution in [0.4, 0.5) is 0 Å². The molecule has 2 N–H and O–H groups in total. The van der Waals surface area contributed by atoms with Gasteiger partial charge in [-0.15, -0.1) is 0 Å². The van der Waals surface area contributed by atoms with Crippen LogP contribution in [0.1, 0.15) is 36.0 Å². The summed E-state index contributed by atoms with van der Waals surface area (Å²) < 4.78 is 5.18. The van der Waals surface area contributed by atoms with E-state index in [-0.39, 0.29) is 17.9 Å². The summed E-state index contributed by atoms with van der Waals surface area (Å²) in [4.78, 5) is 12.3. The summed E-state index contributed by atoms with van der Waals surface area (Å²) in [6, 6.07) is 4.95. The molecule has 1 aliphatic carbocycles. The van der Waals surface area contributed by atoms with Gasteiger partial charge < -0.3 is 15.2 Å². The zero-order valence-corrected chi connectivity index (χ0v) is 12.4. The zero-order chi connectivity index (χ0) is 14.6. The summed E-state index contributed by atoms with van der Waals surface area (Å²) in [5.74, 6) is 0.278. The second-order valence-corrected chi connectivity index (χ2v) is 5.83. The quantitative estimate of drug-likeness (QED) is 0.878. The molecule has 0 atom stereocenters. The van der Waals surface area contributed by atoms with Crippen LogP contribution in [0.25, 0.3) is 0 Å². The van der Waals surface area contributed by atoms with Crippen molar-refractivity contribution in [3.05, 3.63) is 28.8 Å². The van der Waals surface area contributed by atoms with Crippen molar-refractivity contribution < 1.29 is 14.6 Å². The van der Waals surface area contributed by atoms with E-state index >= 15 is 0 Å². The molecule has 1 saturated carbocycles. The van der Waals surface area contributed by atoms with Crippen molar-refractivity contribution in [3.8, 4) is 5.75 Å². The van der Waals surface area contributed by atoms with E-state index in [0.717, 1.165) is 25.7 Å². The van der Waals surface area contributed by atoms with Gasteiger partial charge in [0, 0.05) is 17.0 Å². The molecule has 0 radical (unpaired) electrons. The van der Waals surface area contributed by atoms with Gasteiger partial charge in [-0.3, -0.25) is 4.79 Å². The molecule has 0 aliphatic heterocycles. The van der Waals surface area contributed by atoms with Crippen LogP contribution in [0.15, 0.2) is 18.2 Å². The molecular formula is C15H20ClNO3. The van der Waals surface area contributed by atoms with Crippen LogP contribution >= 0.6 is 11.6 Å². The van der Waals surface area contributed by atoms with E-state index in [0.29, 0.717) is 22.9 Å². The summed E-state index contributed by atoms with van der Waals surface area (Å²) >= 11 is 5.92. The van der Waals surface area contributed by atoms with E-state index in [4.69, 9.17) is 16.3 Å². The Labute approximate surface area is 124 Å². The van der Waals surface area contributed by atoms with Gasteiger partial charge in [0.05, 0.1) is 19.3 Å². The largest absolute Gasteiger partial charge is 0.496 e. The number of hydrogen-bond acceptors (Lipinski definition) is 3. The molecule has 0 bridgehead atoms. The second-order valence-electron chi connectivity index (χ2n) is 5.39. The predicted molar refractivity (Wildman–Crippen MR) is 78.3 cm³/mol. The predicted octanol–water partition coefficient (Wildman–Crippen LogP) is 2.63. The Hall–Kier alpha value is -1.26. The van der Waals surface area contributed by atoms with Crippen LogP contribution in [0, 0.1) is 5.41 Å². The minimum Gasteiger partial charge on any atom is -0.496 e. The van der Waals surface area contributed by atoms with Crippen molar-refractivity contribution in [3.63, 3.8) is 0 Å². The van der Waals surface area contributed by atoms with Crippen LogP contribution in [0.2, 0.25) is 5.02 Å². The number of benzene rings is 1. The van der Waals surface area contributed by atoms with Gasteiger partial charge in [0.1, 0.15) is 5.75 Å². The van der Waals surface area contributed by atoms with Gasteiger partial charge in [-0.25, -0.2) is 0 Å². The number of aliphatic hydroxyl groups excluding tert-OH is 1. The Morgan fingerprint density at radius 2 is 2.15 bits per heavy atom. The van der Waals surface area contributed by atoms with Gasteiger partial charge in [0.25, 0.3) is 5.91 Å². The monoisotopic (exact) mass is 297 g/mol. The molecule has 1 aliphatic rings. The van der Waals surface area contributed by atoms with Crippen LogP contribution < -0.4 is 10.1 Å². The van der Waals surface area contributed by atoms with Crippen LogP contribution in [0.5, 0.6) is 5.75 Å². The fraction of sp³-hybridized carbons (Fsp3) is 0.533. The third kappa shape index (κ3) is 3.25. The molecule has 2 rings (SSSR count). The number of amides is 1. The van der Waals surface area contributed by atoms with E-state index in [9.17, 15) is 9.90 Å². The first-order valence-corrected chi connectivity index (χ1v) is 7.21. The van der Waals surface area contributed by atoms with Crippen LogP contribution in [-0.2, 0) is 0 Å². The van der Waals surface area contributed by atoms with Crippen LogP contribution in [0.3, 0.4) is 0 Å². The first-order valence-electron chi connectivity index (χ1n) is 6.83. The lowest BCUT2D eigenvalue weighted by Gasteiger charge is -2.26. The molecule has 1 aromatic rings. The third-order valence-corrected chi connectivity index (χ3v) is 4.26. The van der Waals surface area contributed by atoms with Gasteiger partial charge in [-0.2, -0.15) is 0 Å². The molecule has 1 aromatic carbocycles. The van der Waals surface area contributed by atoms with Gasteiger partial charge in [0.2, 0.25) is 0 Å². The highest BCUT2D eigenvalue weighted by molar-refractivity contribution is 6.31. The van der Waals surface area contributed by atoms with E-state index in [1.807, 2.05) is 0 Å². The van der Waals surface area contributed by atoms with E-state index in [1.54, 1.807) is 18.2 Å². The Bertz CT molecular complexity index is 484. The Morgan fingerprint density at radius 1 is 1.45 bits per heavy atom. The molecular weight excluding hydrogens is 278 g/mol. The highest BCUT2D eigenvalue weighted by atomic mass is 35.5. The number of halogens is 1. The van der Waals surface area contributed by atoms with Crippen molar-refractivity contribution in [1.29, 1.82) is 0 Å². The SMILES string of the molecule is COc1ccc(Cl)cc1C(=O)NCC1(CO)CCCC1. The molecule has 0 heterocycles. The maximum absolute atomic E-state index is 12.3. The lowest BCUT2D eigenvalue weighted by Crippen LogP contribution is -2.38. The fourth-order valence-corrected chi connectivity index (χ4v) is 2.91. The van der Waals surface area contributed by atoms with Crippen molar-refractivity contribution in [2.75, 3.05) is 20.3 Å². The minimum absolute atomic E-state index is 0.111. The zero-order valence-electron chi connectivity index (χ0n) is 11.6. The van der Waals surface area contributed by atoms with Crippen molar-refractivity contribution in [1.82, 2.24) is 5.32 Å². The Morgan fingerprint density at radius 3 is 2.75 bits per heavy atom. The van der Waals surface area contributed by atoms with Gasteiger partial charge >= 0.3 is 0 Å². The number of methoxy groups -OCH3 is 1. The first kappa shape index (κ1) is 15.1. The number of hydrogen-bond donors (Lipinski definition) is 2. The number of aliphatic hydroxyl groups is 1. The van der Waals surface area contributed by atoms with Crippen molar-refractivity contribution >= 4 is 17.5 Å². The van der Waals surface area contributed by atoms with E-state index in [2.05, 4.69) is 5.32 Å². The number of rotatable bonds is 5. The van der Waals surface area contributed by atoms with E-state index in [1.165, 1.54) is 7.11 Å². The molecule has 20 heavy (non-hydrogen) atoms. The summed E-state index contributed by atoms with van der Waals surface area (Å²) in [5.41, 5.74) is 0.257. The maximum atomic E-state index is 12.3. The molecule has 110 valence electrons. The highest BCUT2D eigenvalue weighted by Crippen LogP contribution is 2.37. The minimum atomic E-state index is -0.218. The number of carbonyl (C=O) groups excluding carboxylic acids is 1. The van der Waals surface area contributed by atoms with Gasteiger partial charge in [-0.05, 0) is 31.0 Å². The Kier molecular flexibility index (Phi) is 4.89. The van der Waals surface area contributed by atoms with Gasteiger partial charge in [0.15, 0.2) is 0 Å². The molecule has 1 fully saturated rings. The van der Waals surface area contributed by atoms with Crippen molar-refractivity contribution in [2.45, 2.75) is 25.7 Å². The highest BCUT2D eigenvalue weighted by Gasteiger charge is 2.33. The summed E-state index contributed by atoms with van der Waals surface area (Å²) in [5, 5.41) is 12.9. The second kappa shape index (κ2) is 6.46. The van der Waals surface area contributed by atoms with E-state index < -0.39 is 0 Å². The maximum Gasteiger partial charge on any atom is 0.255 e. The molecule has 0 saturated heterocycles. The van der Waals surface area contributed by atoms with Crippen molar-refractivity contribution in [2.24, 2.45) is 5.41 Å². The summed E-state index contributed by atoms with van der Waals surface area (Å²) in [7, 11) is 1.52. The summed E-state index contributed by atoms with van der Waals surface area (Å²) in [6.07, 6.45) is 4.13. The molecule has 0 unspecified atom stereocenters. The molecule has 1 amide bonds. The normalized spacial score (nSPS) is 16.9. The lowest BCUT2D eigenvalue weighted by molar-refractivity contribution is 0.0878. The average molecular weight is 298 g/mol. The number of carbonyl (C=O) groups is 1. The average Bonchev–Trinajstić information content (AvgIpc) is 2.94. The fourth-order valence-electron chi connectivity index (χ4n) is 2.74. The number of nitrogens with one attached hydrogen (secondary N) is 1. The van der Waals surface area contributed by atoms with Crippen LogP contribution in [-0.4, -0.2) is 31.3 Å². The molecule has 4 nitrogen and oxygen atoms in total. The smallest absolute Gasteiger partial charge is 0.255 e. The Balaban J connectivity index is 2.06. The molecule has 5 heteroatoms. The standard InChI is InChI=1S/C15H20ClNO3/c1-20-13-5-4-11(16)8-12(13)14(19)17-9-15(10-18)6-2-3-7-15/h4-5,8,18H,2-3,6-7,9-10H2,1H3,(H,17,19). The first-order chi connectivity index (χ1) is 9.60. The molecule has 0 aromatic heterocycles. The topological polar surface area (TPSA) is 58.6 Å². The van der Waals surface area contributed by atoms with Gasteiger partial charge in [-0.1, -0.05) is 24.4 Å². The third-order valence-electron chi connectivity index (χ3n) is 4.03. The molecule has 0 spiro atoms. The lowest BCUT2D eigenvalue weighted by atomic mass is 9.87.